The molecule has 1 aromatic carbocycles. The van der Waals surface area contributed by atoms with Crippen LogP contribution >= 0.6 is 11.8 Å². The number of Topliss-reactive ketones (excluding diaryl/α,β-unsaturated/α-hetero) is 1. The van der Waals surface area contributed by atoms with E-state index in [9.17, 15) is 4.79 Å². The van der Waals surface area contributed by atoms with Gasteiger partial charge in [0.15, 0.2) is 5.78 Å². The summed E-state index contributed by atoms with van der Waals surface area (Å²) in [7, 11) is 1.59. The number of hydrogen-bond donors (Lipinski definition) is 1. The Morgan fingerprint density at radius 3 is 2.67 bits per heavy atom. The second-order valence-corrected chi connectivity index (χ2v) is 4.07. The third-order valence-electron chi connectivity index (χ3n) is 2.08. The maximum Gasteiger partial charge on any atom is 0.179 e. The van der Waals surface area contributed by atoms with Crippen LogP contribution < -0.4 is 10.5 Å². The lowest BCUT2D eigenvalue weighted by Gasteiger charge is -2.09. The Kier molecular flexibility index (Phi) is 4.17. The van der Waals surface area contributed by atoms with E-state index >= 15 is 0 Å². The van der Waals surface area contributed by atoms with Crippen LogP contribution in [0.1, 0.15) is 17.3 Å². The van der Waals surface area contributed by atoms with Crippen molar-refractivity contribution >= 4 is 17.5 Å². The fourth-order valence-corrected chi connectivity index (χ4v) is 1.80. The minimum absolute atomic E-state index is 0.0686. The molecule has 3 nitrogen and oxygen atoms in total. The minimum Gasteiger partial charge on any atom is -0.496 e. The SMILES string of the molecule is COc1cc(C(=O)[C@@H](C)N)ccc1SC. The zero-order chi connectivity index (χ0) is 11.4. The van der Waals surface area contributed by atoms with Crippen molar-refractivity contribution in [2.45, 2.75) is 17.9 Å². The summed E-state index contributed by atoms with van der Waals surface area (Å²) >= 11 is 1.58. The molecule has 0 aliphatic rings. The van der Waals surface area contributed by atoms with E-state index in [4.69, 9.17) is 10.5 Å². The number of ketones is 1. The lowest BCUT2D eigenvalue weighted by molar-refractivity contribution is 0.0967. The van der Waals surface area contributed by atoms with Crippen molar-refractivity contribution in [2.24, 2.45) is 5.73 Å². The summed E-state index contributed by atoms with van der Waals surface area (Å²) in [6.45, 7) is 1.68. The van der Waals surface area contributed by atoms with Crippen LogP contribution in [-0.4, -0.2) is 25.2 Å². The van der Waals surface area contributed by atoms with Gasteiger partial charge in [-0.1, -0.05) is 0 Å². The van der Waals surface area contributed by atoms with Crippen molar-refractivity contribution in [3.63, 3.8) is 0 Å². The van der Waals surface area contributed by atoms with Crippen LogP contribution in [0.2, 0.25) is 0 Å². The summed E-state index contributed by atoms with van der Waals surface area (Å²) in [6.07, 6.45) is 1.96. The second kappa shape index (κ2) is 5.19. The van der Waals surface area contributed by atoms with Gasteiger partial charge in [0.05, 0.1) is 13.2 Å². The average Bonchev–Trinajstić information content (AvgIpc) is 2.26. The molecule has 4 heteroatoms. The molecule has 0 saturated carbocycles. The molecule has 0 bridgehead atoms. The fourth-order valence-electron chi connectivity index (χ4n) is 1.25. The van der Waals surface area contributed by atoms with Gasteiger partial charge in [-0.15, -0.1) is 11.8 Å². The Bertz CT molecular complexity index is 364. The molecule has 15 heavy (non-hydrogen) atoms. The number of hydrogen-bond acceptors (Lipinski definition) is 4. The highest BCUT2D eigenvalue weighted by Crippen LogP contribution is 2.28. The lowest BCUT2D eigenvalue weighted by Crippen LogP contribution is -2.26. The highest BCUT2D eigenvalue weighted by molar-refractivity contribution is 7.98. The third kappa shape index (κ3) is 2.73. The molecule has 1 rings (SSSR count). The maximum absolute atomic E-state index is 11.6. The predicted octanol–water partition coefficient (Wildman–Crippen LogP) is 1.95. The number of thioether (sulfide) groups is 1. The van der Waals surface area contributed by atoms with Crippen LogP contribution in [-0.2, 0) is 0 Å². The molecule has 0 fully saturated rings. The van der Waals surface area contributed by atoms with E-state index in [-0.39, 0.29) is 5.78 Å². The first-order valence-corrected chi connectivity index (χ1v) is 5.84. The lowest BCUT2D eigenvalue weighted by atomic mass is 10.1. The van der Waals surface area contributed by atoms with Crippen molar-refractivity contribution in [1.29, 1.82) is 0 Å². The van der Waals surface area contributed by atoms with Crippen LogP contribution in [0, 0.1) is 0 Å². The number of nitrogens with two attached hydrogens (primary N) is 1. The summed E-state index contributed by atoms with van der Waals surface area (Å²) in [5.41, 5.74) is 6.13. The number of methoxy groups -OCH3 is 1. The molecule has 0 spiro atoms. The van der Waals surface area contributed by atoms with Crippen LogP contribution in [0.15, 0.2) is 23.1 Å². The van der Waals surface area contributed by atoms with E-state index in [0.29, 0.717) is 11.3 Å². The molecule has 82 valence electrons. The number of carbonyl (C=O) groups is 1. The molecule has 0 unspecified atom stereocenters. The summed E-state index contributed by atoms with van der Waals surface area (Å²) in [6, 6.07) is 4.91. The van der Waals surface area contributed by atoms with Gasteiger partial charge in [-0.2, -0.15) is 0 Å². The fraction of sp³-hybridized carbons (Fsp3) is 0.364. The predicted molar refractivity (Wildman–Crippen MR) is 62.8 cm³/mol. The quantitative estimate of drug-likeness (QED) is 0.628. The molecule has 1 atom stereocenters. The molecule has 0 aromatic heterocycles. The minimum atomic E-state index is -0.477. The van der Waals surface area contributed by atoms with Crippen LogP contribution in [0.4, 0.5) is 0 Å². The van der Waals surface area contributed by atoms with Crippen molar-refractivity contribution < 1.29 is 9.53 Å². The second-order valence-electron chi connectivity index (χ2n) is 3.22. The summed E-state index contributed by atoms with van der Waals surface area (Å²) in [5.74, 6) is 0.648. The molecule has 0 aliphatic carbocycles. The standard InChI is InChI=1S/C11H15NO2S/c1-7(12)11(13)8-4-5-10(15-3)9(6-8)14-2/h4-7H,12H2,1-3H3/t7-/m1/s1. The molecule has 0 saturated heterocycles. The van der Waals surface area contributed by atoms with Crippen molar-refractivity contribution in [2.75, 3.05) is 13.4 Å². The molecule has 2 N–H and O–H groups in total. The first-order valence-electron chi connectivity index (χ1n) is 4.62. The summed E-state index contributed by atoms with van der Waals surface area (Å²) in [4.78, 5) is 12.6. The monoisotopic (exact) mass is 225 g/mol. The van der Waals surface area contributed by atoms with Crippen LogP contribution in [0.3, 0.4) is 0 Å². The van der Waals surface area contributed by atoms with Gasteiger partial charge in [-0.05, 0) is 31.4 Å². The zero-order valence-corrected chi connectivity index (χ0v) is 9.93. The Morgan fingerprint density at radius 1 is 1.53 bits per heavy atom. The Morgan fingerprint density at radius 2 is 2.20 bits per heavy atom. The first-order chi connectivity index (χ1) is 7.10. The van der Waals surface area contributed by atoms with Gasteiger partial charge in [0.1, 0.15) is 5.75 Å². The first kappa shape index (κ1) is 12.1. The molecule has 0 radical (unpaired) electrons. The number of carbonyl (C=O) groups excluding carboxylic acids is 1. The van der Waals surface area contributed by atoms with Gasteiger partial charge in [0.2, 0.25) is 0 Å². The maximum atomic E-state index is 11.6. The van der Waals surface area contributed by atoms with Gasteiger partial charge < -0.3 is 10.5 Å². The van der Waals surface area contributed by atoms with Gasteiger partial charge in [0, 0.05) is 10.5 Å². The van der Waals surface area contributed by atoms with E-state index < -0.39 is 6.04 Å². The molecule has 0 heterocycles. The van der Waals surface area contributed by atoms with Gasteiger partial charge in [0.25, 0.3) is 0 Å². The zero-order valence-electron chi connectivity index (χ0n) is 9.11. The molecule has 0 aliphatic heterocycles. The van der Waals surface area contributed by atoms with E-state index in [0.717, 1.165) is 4.90 Å². The largest absolute Gasteiger partial charge is 0.496 e. The highest BCUT2D eigenvalue weighted by atomic mass is 32.2. The molecule has 0 amide bonds. The van der Waals surface area contributed by atoms with Crippen LogP contribution in [0.25, 0.3) is 0 Å². The third-order valence-corrected chi connectivity index (χ3v) is 2.86. The van der Waals surface area contributed by atoms with E-state index in [1.54, 1.807) is 37.9 Å². The molecular weight excluding hydrogens is 210 g/mol. The Labute approximate surface area is 94.0 Å². The van der Waals surface area contributed by atoms with Gasteiger partial charge >= 0.3 is 0 Å². The number of rotatable bonds is 4. The van der Waals surface area contributed by atoms with Crippen LogP contribution in [0.5, 0.6) is 5.75 Å². The smallest absolute Gasteiger partial charge is 0.179 e. The number of ether oxygens (including phenoxy) is 1. The van der Waals surface area contributed by atoms with Crippen molar-refractivity contribution in [1.82, 2.24) is 0 Å². The topological polar surface area (TPSA) is 52.3 Å². The van der Waals surface area contributed by atoms with Crippen molar-refractivity contribution in [3.05, 3.63) is 23.8 Å². The molecular formula is C11H15NO2S. The van der Waals surface area contributed by atoms with E-state index in [1.807, 2.05) is 12.3 Å². The Hall–Kier alpha value is -1.00. The molecule has 1 aromatic rings. The van der Waals surface area contributed by atoms with E-state index in [2.05, 4.69) is 0 Å². The highest BCUT2D eigenvalue weighted by Gasteiger charge is 2.13. The average molecular weight is 225 g/mol. The Balaban J connectivity index is 3.08. The van der Waals surface area contributed by atoms with Crippen molar-refractivity contribution in [3.8, 4) is 5.75 Å². The van der Waals surface area contributed by atoms with Gasteiger partial charge in [-0.25, -0.2) is 0 Å². The van der Waals surface area contributed by atoms with E-state index in [1.165, 1.54) is 0 Å². The van der Waals surface area contributed by atoms with Gasteiger partial charge in [-0.3, -0.25) is 4.79 Å². The number of benzene rings is 1. The summed E-state index contributed by atoms with van der Waals surface area (Å²) < 4.78 is 5.19. The normalized spacial score (nSPS) is 12.3. The summed E-state index contributed by atoms with van der Waals surface area (Å²) in [5, 5.41) is 0.